The fourth-order valence-corrected chi connectivity index (χ4v) is 3.06. The maximum atomic E-state index is 12.8. The first-order valence-corrected chi connectivity index (χ1v) is 8.10. The van der Waals surface area contributed by atoms with Gasteiger partial charge in [-0.05, 0) is 31.2 Å². The number of Topliss-reactive ketones (excluding diaryl/α,β-unsaturated/α-hetero) is 1. The molecule has 1 aromatic carbocycles. The van der Waals surface area contributed by atoms with Gasteiger partial charge in [0.15, 0.2) is 0 Å². The molecular weight excluding hydrogens is 294 g/mol. The number of carbonyl (C=O) groups is 3. The van der Waals surface area contributed by atoms with Gasteiger partial charge in [0, 0.05) is 0 Å². The van der Waals surface area contributed by atoms with Crippen molar-refractivity contribution in [2.75, 3.05) is 6.61 Å². The van der Waals surface area contributed by atoms with Gasteiger partial charge < -0.3 is 4.74 Å². The highest BCUT2D eigenvalue weighted by molar-refractivity contribution is 6.06. The van der Waals surface area contributed by atoms with E-state index < -0.39 is 17.9 Å². The Morgan fingerprint density at radius 2 is 1.96 bits per heavy atom. The molecule has 1 heterocycles. The van der Waals surface area contributed by atoms with E-state index in [9.17, 15) is 14.4 Å². The van der Waals surface area contributed by atoms with E-state index in [0.717, 1.165) is 18.4 Å². The zero-order chi connectivity index (χ0) is 16.4. The number of amides is 2. The van der Waals surface area contributed by atoms with Crippen molar-refractivity contribution in [2.45, 2.75) is 38.6 Å². The van der Waals surface area contributed by atoms with Crippen LogP contribution in [0.3, 0.4) is 0 Å². The number of carbonyl (C=O) groups excluding carboxylic acids is 3. The highest BCUT2D eigenvalue weighted by atomic mass is 16.6. The Bertz CT molecular complexity index is 609. The molecule has 5 nitrogen and oxygen atoms in total. The van der Waals surface area contributed by atoms with Crippen molar-refractivity contribution in [3.8, 4) is 0 Å². The van der Waals surface area contributed by atoms with Gasteiger partial charge in [0.1, 0.15) is 12.4 Å². The number of ether oxygens (including phenoxy) is 1. The number of nitrogens with zero attached hydrogens (tertiary/aromatic N) is 1. The molecule has 0 N–H and O–H groups in total. The predicted molar refractivity (Wildman–Crippen MR) is 83.6 cm³/mol. The minimum absolute atomic E-state index is 0.167. The van der Waals surface area contributed by atoms with Crippen molar-refractivity contribution in [1.82, 2.24) is 4.90 Å². The van der Waals surface area contributed by atoms with E-state index >= 15 is 0 Å². The Labute approximate surface area is 135 Å². The average molecular weight is 315 g/mol. The van der Waals surface area contributed by atoms with Gasteiger partial charge >= 0.3 is 6.09 Å². The van der Waals surface area contributed by atoms with E-state index in [1.807, 2.05) is 30.3 Å². The molecule has 2 amide bonds. The van der Waals surface area contributed by atoms with Crippen LogP contribution in [0, 0.1) is 11.8 Å². The highest BCUT2D eigenvalue weighted by Crippen LogP contribution is 2.36. The predicted octanol–water partition coefficient (Wildman–Crippen LogP) is 2.58. The first-order chi connectivity index (χ1) is 11.1. The number of cyclic esters (lactones) is 1. The van der Waals surface area contributed by atoms with Crippen LogP contribution in [-0.4, -0.2) is 35.3 Å². The standard InChI is InChI=1S/C18H21NO4/c1-12(20)16(10-14-7-8-14)17(21)19-15(11-23-18(19)22)9-13-5-3-2-4-6-13/h2-6,14-16H,7-11H2,1H3/t15-,16?/m0/s1. The van der Waals surface area contributed by atoms with Gasteiger partial charge in [0.2, 0.25) is 5.91 Å². The number of ketones is 1. The molecular formula is C18H21NO4. The van der Waals surface area contributed by atoms with E-state index in [4.69, 9.17) is 4.74 Å². The Balaban J connectivity index is 1.75. The fourth-order valence-electron chi connectivity index (χ4n) is 3.06. The normalized spacial score (nSPS) is 21.9. The number of benzene rings is 1. The molecule has 3 rings (SSSR count). The van der Waals surface area contributed by atoms with E-state index in [1.54, 1.807) is 0 Å². The smallest absolute Gasteiger partial charge is 0.417 e. The summed E-state index contributed by atoms with van der Waals surface area (Å²) in [7, 11) is 0. The molecule has 0 spiro atoms. The van der Waals surface area contributed by atoms with Crippen LogP contribution >= 0.6 is 0 Å². The van der Waals surface area contributed by atoms with Crippen molar-refractivity contribution in [3.05, 3.63) is 35.9 Å². The van der Waals surface area contributed by atoms with Crippen LogP contribution in [0.4, 0.5) is 4.79 Å². The molecule has 1 aliphatic carbocycles. The molecule has 5 heteroatoms. The van der Waals surface area contributed by atoms with Crippen LogP contribution in [0.25, 0.3) is 0 Å². The zero-order valence-corrected chi connectivity index (χ0v) is 13.2. The van der Waals surface area contributed by atoms with Crippen LogP contribution in [0.1, 0.15) is 31.7 Å². The topological polar surface area (TPSA) is 63.7 Å². The second-order valence-electron chi connectivity index (χ2n) is 6.47. The van der Waals surface area contributed by atoms with Crippen molar-refractivity contribution >= 4 is 17.8 Å². The largest absolute Gasteiger partial charge is 0.447 e. The number of rotatable bonds is 6. The maximum absolute atomic E-state index is 12.8. The van der Waals surface area contributed by atoms with Crippen LogP contribution in [0.15, 0.2) is 30.3 Å². The van der Waals surface area contributed by atoms with E-state index in [0.29, 0.717) is 18.8 Å². The first kappa shape index (κ1) is 15.7. The quantitative estimate of drug-likeness (QED) is 0.757. The zero-order valence-electron chi connectivity index (χ0n) is 13.2. The Kier molecular flexibility index (Phi) is 4.46. The van der Waals surface area contributed by atoms with Crippen LogP contribution < -0.4 is 0 Å². The lowest BCUT2D eigenvalue weighted by molar-refractivity contribution is -0.139. The fraction of sp³-hybridized carbons (Fsp3) is 0.500. The third-order valence-electron chi connectivity index (χ3n) is 4.57. The van der Waals surface area contributed by atoms with Gasteiger partial charge in [0.05, 0.1) is 12.0 Å². The van der Waals surface area contributed by atoms with Gasteiger partial charge in [-0.25, -0.2) is 9.69 Å². The van der Waals surface area contributed by atoms with Crippen molar-refractivity contribution < 1.29 is 19.1 Å². The van der Waals surface area contributed by atoms with Crippen LogP contribution in [0.2, 0.25) is 0 Å². The summed E-state index contributed by atoms with van der Waals surface area (Å²) in [5, 5.41) is 0. The molecule has 0 bridgehead atoms. The number of hydrogen-bond donors (Lipinski definition) is 0. The molecule has 0 aromatic heterocycles. The van der Waals surface area contributed by atoms with Crippen molar-refractivity contribution in [1.29, 1.82) is 0 Å². The van der Waals surface area contributed by atoms with Gasteiger partial charge in [-0.1, -0.05) is 43.2 Å². The molecule has 1 saturated heterocycles. The SMILES string of the molecule is CC(=O)C(CC1CC1)C(=O)N1C(=O)OC[C@@H]1Cc1ccccc1. The van der Waals surface area contributed by atoms with Gasteiger partial charge in [0.25, 0.3) is 0 Å². The number of imide groups is 1. The van der Waals surface area contributed by atoms with Crippen LogP contribution in [0.5, 0.6) is 0 Å². The Morgan fingerprint density at radius 1 is 1.26 bits per heavy atom. The van der Waals surface area contributed by atoms with E-state index in [1.165, 1.54) is 11.8 Å². The summed E-state index contributed by atoms with van der Waals surface area (Å²) in [5.74, 6) is -0.835. The number of hydrogen-bond acceptors (Lipinski definition) is 4. The van der Waals surface area contributed by atoms with Gasteiger partial charge in [-0.15, -0.1) is 0 Å². The molecule has 1 unspecified atom stereocenters. The minimum atomic E-state index is -0.716. The molecule has 1 aliphatic heterocycles. The molecule has 122 valence electrons. The summed E-state index contributed by atoms with van der Waals surface area (Å²) in [6.45, 7) is 1.62. The Hall–Kier alpha value is -2.17. The summed E-state index contributed by atoms with van der Waals surface area (Å²) in [6.07, 6.45) is 2.60. The Morgan fingerprint density at radius 3 is 2.57 bits per heavy atom. The molecule has 2 atom stereocenters. The van der Waals surface area contributed by atoms with Crippen LogP contribution in [-0.2, 0) is 20.7 Å². The second-order valence-corrected chi connectivity index (χ2v) is 6.47. The van der Waals surface area contributed by atoms with Gasteiger partial charge in [-0.2, -0.15) is 0 Å². The molecule has 1 saturated carbocycles. The first-order valence-electron chi connectivity index (χ1n) is 8.10. The molecule has 23 heavy (non-hydrogen) atoms. The maximum Gasteiger partial charge on any atom is 0.417 e. The van der Waals surface area contributed by atoms with Crippen molar-refractivity contribution in [3.63, 3.8) is 0 Å². The molecule has 0 radical (unpaired) electrons. The lowest BCUT2D eigenvalue weighted by Gasteiger charge is -2.23. The molecule has 2 aliphatic rings. The second kappa shape index (κ2) is 6.52. The summed E-state index contributed by atoms with van der Waals surface area (Å²) in [4.78, 5) is 37.8. The summed E-state index contributed by atoms with van der Waals surface area (Å²) >= 11 is 0. The lowest BCUT2D eigenvalue weighted by atomic mass is 9.95. The third-order valence-corrected chi connectivity index (χ3v) is 4.57. The highest BCUT2D eigenvalue weighted by Gasteiger charge is 2.43. The summed E-state index contributed by atoms with van der Waals surface area (Å²) in [5.41, 5.74) is 1.04. The van der Waals surface area contributed by atoms with E-state index in [-0.39, 0.29) is 18.4 Å². The molecule has 1 aromatic rings. The monoisotopic (exact) mass is 315 g/mol. The summed E-state index contributed by atoms with van der Waals surface area (Å²) in [6, 6.07) is 9.34. The third kappa shape index (κ3) is 3.60. The minimum Gasteiger partial charge on any atom is -0.447 e. The molecule has 2 fully saturated rings. The summed E-state index contributed by atoms with van der Waals surface area (Å²) < 4.78 is 5.08. The lowest BCUT2D eigenvalue weighted by Crippen LogP contribution is -2.45. The average Bonchev–Trinajstić information content (AvgIpc) is 3.28. The van der Waals surface area contributed by atoms with Gasteiger partial charge in [-0.3, -0.25) is 9.59 Å². The van der Waals surface area contributed by atoms with Crippen molar-refractivity contribution in [2.24, 2.45) is 11.8 Å². The van der Waals surface area contributed by atoms with E-state index in [2.05, 4.69) is 0 Å².